The highest BCUT2D eigenvalue weighted by Crippen LogP contribution is 2.40. The summed E-state index contributed by atoms with van der Waals surface area (Å²) < 4.78 is 11.4. The third kappa shape index (κ3) is 3.46. The highest BCUT2D eigenvalue weighted by atomic mass is 16.3. The Morgan fingerprint density at radius 3 is 1.64 bits per heavy atom. The number of furan rings is 1. The highest BCUT2D eigenvalue weighted by molar-refractivity contribution is 6.14. The van der Waals surface area contributed by atoms with E-state index in [2.05, 4.69) is 167 Å². The molecule has 7 aromatic carbocycles. The minimum atomic E-state index is 0.892. The predicted molar refractivity (Wildman–Crippen MR) is 188 cm³/mol. The van der Waals surface area contributed by atoms with Crippen molar-refractivity contribution >= 4 is 65.6 Å². The molecular formula is C42H26N2O. The van der Waals surface area contributed by atoms with Crippen LogP contribution in [0.2, 0.25) is 0 Å². The lowest BCUT2D eigenvalue weighted by Gasteiger charge is -2.08. The van der Waals surface area contributed by atoms with Gasteiger partial charge in [-0.25, -0.2) is 0 Å². The van der Waals surface area contributed by atoms with Crippen LogP contribution in [0.1, 0.15) is 0 Å². The zero-order valence-corrected chi connectivity index (χ0v) is 24.3. The molecule has 45 heavy (non-hydrogen) atoms. The number of para-hydroxylation sites is 5. The van der Waals surface area contributed by atoms with Crippen molar-refractivity contribution in [2.24, 2.45) is 0 Å². The van der Waals surface area contributed by atoms with Crippen molar-refractivity contribution in [2.75, 3.05) is 0 Å². The topological polar surface area (TPSA) is 23.0 Å². The van der Waals surface area contributed by atoms with Crippen LogP contribution < -0.4 is 0 Å². The monoisotopic (exact) mass is 574 g/mol. The fraction of sp³-hybridized carbons (Fsp3) is 0. The Labute approximate surface area is 258 Å². The van der Waals surface area contributed by atoms with Gasteiger partial charge in [0.25, 0.3) is 0 Å². The van der Waals surface area contributed by atoms with Crippen molar-refractivity contribution in [3.05, 3.63) is 158 Å². The molecule has 0 radical (unpaired) electrons. The summed E-state index contributed by atoms with van der Waals surface area (Å²) in [7, 11) is 0. The summed E-state index contributed by atoms with van der Waals surface area (Å²) in [6.45, 7) is 0. The first kappa shape index (κ1) is 24.4. The van der Waals surface area contributed by atoms with Gasteiger partial charge in [0.2, 0.25) is 0 Å². The largest absolute Gasteiger partial charge is 0.455 e. The van der Waals surface area contributed by atoms with E-state index in [1.807, 2.05) is 0 Å². The van der Waals surface area contributed by atoms with Gasteiger partial charge in [-0.2, -0.15) is 0 Å². The molecule has 3 aromatic heterocycles. The van der Waals surface area contributed by atoms with E-state index in [0.717, 1.165) is 44.4 Å². The van der Waals surface area contributed by atoms with Gasteiger partial charge in [-0.05, 0) is 66.2 Å². The summed E-state index contributed by atoms with van der Waals surface area (Å²) in [6.07, 6.45) is 0. The fourth-order valence-corrected chi connectivity index (χ4v) is 7.35. The molecule has 0 spiro atoms. The molecule has 0 saturated heterocycles. The minimum Gasteiger partial charge on any atom is -0.455 e. The van der Waals surface area contributed by atoms with Crippen molar-refractivity contribution in [2.45, 2.75) is 0 Å². The molecule has 0 unspecified atom stereocenters. The smallest absolute Gasteiger partial charge is 0.143 e. The van der Waals surface area contributed by atoms with Crippen LogP contribution in [0.3, 0.4) is 0 Å². The zero-order chi connectivity index (χ0) is 29.5. The summed E-state index contributed by atoms with van der Waals surface area (Å²) in [5, 5.41) is 7.23. The number of aromatic nitrogens is 2. The molecule has 0 aliphatic rings. The molecule has 0 saturated carbocycles. The second-order valence-corrected chi connectivity index (χ2v) is 11.8. The van der Waals surface area contributed by atoms with Crippen LogP contribution in [0.4, 0.5) is 0 Å². The van der Waals surface area contributed by atoms with Gasteiger partial charge in [0.15, 0.2) is 0 Å². The van der Waals surface area contributed by atoms with E-state index in [-0.39, 0.29) is 0 Å². The molecule has 0 amide bonds. The van der Waals surface area contributed by atoms with Gasteiger partial charge in [0.1, 0.15) is 11.2 Å². The van der Waals surface area contributed by atoms with Crippen molar-refractivity contribution < 1.29 is 4.42 Å². The number of rotatable bonds is 3. The van der Waals surface area contributed by atoms with Gasteiger partial charge in [0.05, 0.1) is 22.1 Å². The Hall–Kier alpha value is -6.06. The molecule has 3 heteroatoms. The fourth-order valence-electron chi connectivity index (χ4n) is 7.35. The normalized spacial score (nSPS) is 12.0. The average molecular weight is 575 g/mol. The summed E-state index contributed by atoms with van der Waals surface area (Å²) in [5.41, 5.74) is 11.1. The molecule has 0 aliphatic carbocycles. The van der Waals surface area contributed by atoms with Gasteiger partial charge in [-0.3, -0.25) is 0 Å². The Balaban J connectivity index is 1.18. The zero-order valence-electron chi connectivity index (χ0n) is 24.3. The predicted octanol–water partition coefficient (Wildman–Crippen LogP) is 11.4. The number of fused-ring (bicyclic) bond motifs is 9. The Bertz CT molecular complexity index is 2710. The van der Waals surface area contributed by atoms with E-state index < -0.39 is 0 Å². The van der Waals surface area contributed by atoms with Crippen molar-refractivity contribution in [3.63, 3.8) is 0 Å². The van der Waals surface area contributed by atoms with Crippen LogP contribution in [0.5, 0.6) is 0 Å². The van der Waals surface area contributed by atoms with Crippen molar-refractivity contribution in [1.29, 1.82) is 0 Å². The maximum absolute atomic E-state index is 6.64. The molecule has 3 nitrogen and oxygen atoms in total. The highest BCUT2D eigenvalue weighted by Gasteiger charge is 2.18. The van der Waals surface area contributed by atoms with Crippen LogP contribution >= 0.6 is 0 Å². The van der Waals surface area contributed by atoms with Crippen molar-refractivity contribution in [1.82, 2.24) is 9.13 Å². The standard InChI is InChI=1S/C42H26N2O/c1-2-11-28(12-3-1)43-39-20-9-6-15-33(39)35-25-27(21-23-40(35)43)30-16-10-17-34-36-26-29(22-24-41(36)45-42(30)34)44-37-18-7-4-13-31(37)32-14-5-8-19-38(32)44/h1-26H. The Kier molecular flexibility index (Phi) is 5.00. The molecule has 0 bridgehead atoms. The first-order valence-corrected chi connectivity index (χ1v) is 15.4. The van der Waals surface area contributed by atoms with E-state index in [0.29, 0.717) is 0 Å². The van der Waals surface area contributed by atoms with Gasteiger partial charge in [-0.15, -0.1) is 0 Å². The van der Waals surface area contributed by atoms with E-state index >= 15 is 0 Å². The summed E-state index contributed by atoms with van der Waals surface area (Å²) >= 11 is 0. The average Bonchev–Trinajstić information content (AvgIpc) is 3.76. The summed E-state index contributed by atoms with van der Waals surface area (Å²) in [4.78, 5) is 0. The second-order valence-electron chi connectivity index (χ2n) is 11.8. The van der Waals surface area contributed by atoms with E-state index in [9.17, 15) is 0 Å². The van der Waals surface area contributed by atoms with Crippen LogP contribution in [0, 0.1) is 0 Å². The molecule has 0 fully saturated rings. The Morgan fingerprint density at radius 2 is 0.933 bits per heavy atom. The lowest BCUT2D eigenvalue weighted by molar-refractivity contribution is 0.670. The molecule has 0 aliphatic heterocycles. The van der Waals surface area contributed by atoms with E-state index in [1.54, 1.807) is 0 Å². The molecule has 0 N–H and O–H groups in total. The molecule has 0 atom stereocenters. The summed E-state index contributed by atoms with van der Waals surface area (Å²) in [6, 6.07) is 56.4. The van der Waals surface area contributed by atoms with Crippen LogP contribution in [-0.4, -0.2) is 9.13 Å². The van der Waals surface area contributed by atoms with Crippen LogP contribution in [0.25, 0.3) is 88.1 Å². The lowest BCUT2D eigenvalue weighted by atomic mass is 10.00. The van der Waals surface area contributed by atoms with Gasteiger partial charge in [-0.1, -0.05) is 97.1 Å². The SMILES string of the molecule is c1ccc(-n2c3ccccc3c3cc(-c4cccc5c4oc4ccc(-n6c7ccccc7c7ccccc76)cc45)ccc32)cc1. The first-order valence-electron chi connectivity index (χ1n) is 15.4. The van der Waals surface area contributed by atoms with Gasteiger partial charge >= 0.3 is 0 Å². The number of nitrogens with zero attached hydrogens (tertiary/aromatic N) is 2. The lowest BCUT2D eigenvalue weighted by Crippen LogP contribution is -1.93. The van der Waals surface area contributed by atoms with Crippen LogP contribution in [-0.2, 0) is 0 Å². The van der Waals surface area contributed by atoms with Crippen molar-refractivity contribution in [3.8, 4) is 22.5 Å². The van der Waals surface area contributed by atoms with E-state index in [4.69, 9.17) is 4.42 Å². The third-order valence-corrected chi connectivity index (χ3v) is 9.32. The first-order chi connectivity index (χ1) is 22.3. The van der Waals surface area contributed by atoms with E-state index in [1.165, 1.54) is 43.6 Å². The Morgan fingerprint density at radius 1 is 0.356 bits per heavy atom. The molecule has 10 aromatic rings. The number of hydrogen-bond donors (Lipinski definition) is 0. The third-order valence-electron chi connectivity index (χ3n) is 9.32. The molecule has 10 rings (SSSR count). The molecule has 210 valence electrons. The number of benzene rings is 7. The maximum Gasteiger partial charge on any atom is 0.143 e. The van der Waals surface area contributed by atoms with Crippen LogP contribution in [0.15, 0.2) is 162 Å². The minimum absolute atomic E-state index is 0.892. The van der Waals surface area contributed by atoms with Gasteiger partial charge in [0, 0.05) is 49.3 Å². The molecule has 3 heterocycles. The second kappa shape index (κ2) is 9.22. The maximum atomic E-state index is 6.64. The van der Waals surface area contributed by atoms with Gasteiger partial charge < -0.3 is 13.6 Å². The molecular weight excluding hydrogens is 548 g/mol. The quantitative estimate of drug-likeness (QED) is 0.206. The summed E-state index contributed by atoms with van der Waals surface area (Å²) in [5.74, 6) is 0. The number of hydrogen-bond acceptors (Lipinski definition) is 1.